The van der Waals surface area contributed by atoms with Gasteiger partial charge in [-0.25, -0.2) is 4.39 Å². The van der Waals surface area contributed by atoms with Gasteiger partial charge in [-0.2, -0.15) is 0 Å². The molecule has 5 nitrogen and oxygen atoms in total. The Morgan fingerprint density at radius 3 is 2.42 bits per heavy atom. The van der Waals surface area contributed by atoms with Crippen molar-refractivity contribution < 1.29 is 9.18 Å². The Balaban J connectivity index is 1.58. The molecule has 0 atom stereocenters. The number of amides is 1. The summed E-state index contributed by atoms with van der Waals surface area (Å²) in [6.45, 7) is 7.01. The van der Waals surface area contributed by atoms with E-state index in [-0.39, 0.29) is 19.0 Å². The molecule has 1 aliphatic rings. The molecule has 0 radical (unpaired) electrons. The Morgan fingerprint density at radius 1 is 1.13 bits per heavy atom. The lowest BCUT2D eigenvalue weighted by Crippen LogP contribution is -2.51. The minimum Gasteiger partial charge on any atom is -0.333 e. The van der Waals surface area contributed by atoms with Crippen LogP contribution in [0, 0.1) is 20.8 Å². The predicted octanol–water partition coefficient (Wildman–Crippen LogP) is 6.61. The van der Waals surface area contributed by atoms with Crippen LogP contribution in [0.4, 0.5) is 4.39 Å². The normalized spacial score (nSPS) is 13.6. The fourth-order valence-electron chi connectivity index (χ4n) is 3.84. The van der Waals surface area contributed by atoms with E-state index in [1.165, 1.54) is 26.5 Å². The van der Waals surface area contributed by atoms with E-state index in [0.29, 0.717) is 12.1 Å². The molecule has 3 aromatic rings. The van der Waals surface area contributed by atoms with Crippen LogP contribution >= 0.6 is 11.3 Å². The molecule has 4 rings (SSSR count). The molecular weight excluding hydrogens is 411 g/mol. The van der Waals surface area contributed by atoms with Crippen molar-refractivity contribution in [2.45, 2.75) is 33.5 Å². The van der Waals surface area contributed by atoms with E-state index in [9.17, 15) is 9.18 Å². The van der Waals surface area contributed by atoms with Gasteiger partial charge in [0, 0.05) is 20.2 Å². The summed E-state index contributed by atoms with van der Waals surface area (Å²) < 4.78 is 13.0. The van der Waals surface area contributed by atoms with Crippen molar-refractivity contribution >= 4 is 17.2 Å². The summed E-state index contributed by atoms with van der Waals surface area (Å²) in [4.78, 5) is 19.0. The fourth-order valence-corrected chi connectivity index (χ4v) is 5.16. The molecule has 1 amide bonds. The highest BCUT2D eigenvalue weighted by Gasteiger charge is 2.30. The van der Waals surface area contributed by atoms with Crippen molar-refractivity contribution in [2.24, 2.45) is 5.11 Å². The van der Waals surface area contributed by atoms with Gasteiger partial charge in [-0.05, 0) is 71.8 Å². The molecule has 7 heteroatoms. The Bertz CT molecular complexity index is 1190. The van der Waals surface area contributed by atoms with Crippen molar-refractivity contribution in [2.75, 3.05) is 13.1 Å². The van der Waals surface area contributed by atoms with Crippen molar-refractivity contribution in [1.29, 1.82) is 0 Å². The summed E-state index contributed by atoms with van der Waals surface area (Å²) in [5, 5.41) is 3.72. The van der Waals surface area contributed by atoms with Gasteiger partial charge in [0.25, 0.3) is 5.91 Å². The van der Waals surface area contributed by atoms with Crippen LogP contribution in [0.3, 0.4) is 0 Å². The number of thiophene rings is 1. The molecule has 1 fully saturated rings. The van der Waals surface area contributed by atoms with Crippen LogP contribution in [0.2, 0.25) is 0 Å². The smallest absolute Gasteiger partial charge is 0.254 e. The first-order valence-corrected chi connectivity index (χ1v) is 10.9. The summed E-state index contributed by atoms with van der Waals surface area (Å²) >= 11 is 1.68. The van der Waals surface area contributed by atoms with E-state index in [4.69, 9.17) is 5.53 Å². The molecule has 1 aromatic heterocycles. The molecule has 1 aliphatic heterocycles. The van der Waals surface area contributed by atoms with Gasteiger partial charge < -0.3 is 4.90 Å². The highest BCUT2D eigenvalue weighted by molar-refractivity contribution is 7.15. The van der Waals surface area contributed by atoms with Gasteiger partial charge >= 0.3 is 0 Å². The number of likely N-dealkylation sites (tertiary alicyclic amines) is 1. The van der Waals surface area contributed by atoms with Crippen LogP contribution in [0.1, 0.15) is 31.9 Å². The van der Waals surface area contributed by atoms with Crippen LogP contribution in [-0.2, 0) is 6.54 Å². The number of azide groups is 1. The van der Waals surface area contributed by atoms with Gasteiger partial charge in [-0.15, -0.1) is 11.3 Å². The number of rotatable bonds is 5. The standard InChI is InChI=1S/C24H23FN4OS/c1-14-10-19(17-4-6-18(7-5-17)24(30)29-12-20(25)13-29)8-9-21(14)23-16(3)15(2)22(31-23)11-27-28-26/h4-10,20H,11-13H2,1-3H3. The number of nitrogens with zero attached hydrogens (tertiary/aromatic N) is 4. The van der Waals surface area contributed by atoms with Gasteiger partial charge in [0.15, 0.2) is 0 Å². The number of alkyl halides is 1. The molecule has 0 bridgehead atoms. The lowest BCUT2D eigenvalue weighted by Gasteiger charge is -2.34. The average Bonchev–Trinajstić information content (AvgIpc) is 3.03. The Labute approximate surface area is 184 Å². The quantitative estimate of drug-likeness (QED) is 0.253. The van der Waals surface area contributed by atoms with Crippen molar-refractivity contribution in [3.8, 4) is 21.6 Å². The number of carbonyl (C=O) groups excluding carboxylic acids is 1. The summed E-state index contributed by atoms with van der Waals surface area (Å²) in [6, 6.07) is 13.9. The number of benzene rings is 2. The summed E-state index contributed by atoms with van der Waals surface area (Å²) in [6.07, 6.45) is -0.893. The van der Waals surface area contributed by atoms with E-state index in [0.717, 1.165) is 21.6 Å². The number of hydrogen-bond donors (Lipinski definition) is 0. The minimum atomic E-state index is -0.893. The van der Waals surface area contributed by atoms with E-state index in [1.807, 2.05) is 12.1 Å². The van der Waals surface area contributed by atoms with Gasteiger partial charge in [-0.1, -0.05) is 35.4 Å². The molecule has 31 heavy (non-hydrogen) atoms. The largest absolute Gasteiger partial charge is 0.333 e. The third kappa shape index (κ3) is 4.07. The van der Waals surface area contributed by atoms with Gasteiger partial charge in [0.1, 0.15) is 6.17 Å². The first-order chi connectivity index (χ1) is 14.9. The molecule has 0 unspecified atom stereocenters. The summed E-state index contributed by atoms with van der Waals surface area (Å²) in [7, 11) is 0. The first-order valence-electron chi connectivity index (χ1n) is 10.1. The minimum absolute atomic E-state index is 0.118. The predicted molar refractivity (Wildman–Crippen MR) is 123 cm³/mol. The molecule has 158 valence electrons. The highest BCUT2D eigenvalue weighted by Crippen LogP contribution is 2.39. The maximum atomic E-state index is 13.0. The molecule has 0 aliphatic carbocycles. The second-order valence-electron chi connectivity index (χ2n) is 7.91. The Hall–Kier alpha value is -3.15. The molecule has 2 heterocycles. The van der Waals surface area contributed by atoms with Crippen LogP contribution in [-0.4, -0.2) is 30.1 Å². The van der Waals surface area contributed by atoms with E-state index in [2.05, 4.69) is 49.0 Å². The third-order valence-corrected chi connectivity index (χ3v) is 7.30. The first kappa shape index (κ1) is 21.1. The number of carbonyl (C=O) groups is 1. The summed E-state index contributed by atoms with van der Waals surface area (Å²) in [5.74, 6) is -0.118. The monoisotopic (exact) mass is 434 g/mol. The summed E-state index contributed by atoms with van der Waals surface area (Å²) in [5.41, 5.74) is 16.0. The maximum absolute atomic E-state index is 13.0. The van der Waals surface area contributed by atoms with Gasteiger partial charge in [-0.3, -0.25) is 4.79 Å². The van der Waals surface area contributed by atoms with Crippen LogP contribution in [0.15, 0.2) is 47.6 Å². The fraction of sp³-hybridized carbons (Fsp3) is 0.292. The van der Waals surface area contributed by atoms with Crippen LogP contribution in [0.25, 0.3) is 32.0 Å². The van der Waals surface area contributed by atoms with E-state index in [1.54, 1.807) is 23.5 Å². The molecule has 1 saturated heterocycles. The molecule has 0 spiro atoms. The molecular formula is C24H23FN4OS. The van der Waals surface area contributed by atoms with E-state index >= 15 is 0 Å². The zero-order chi connectivity index (χ0) is 22.1. The van der Waals surface area contributed by atoms with Crippen LogP contribution in [0.5, 0.6) is 0 Å². The molecule has 0 N–H and O–H groups in total. The van der Waals surface area contributed by atoms with Crippen LogP contribution < -0.4 is 0 Å². The highest BCUT2D eigenvalue weighted by atomic mass is 32.1. The van der Waals surface area contributed by atoms with Gasteiger partial charge in [0.05, 0.1) is 19.6 Å². The second-order valence-corrected chi connectivity index (χ2v) is 9.01. The lowest BCUT2D eigenvalue weighted by atomic mass is 9.96. The number of aryl methyl sites for hydroxylation is 1. The van der Waals surface area contributed by atoms with Crippen molar-refractivity contribution in [1.82, 2.24) is 4.90 Å². The van der Waals surface area contributed by atoms with E-state index < -0.39 is 6.17 Å². The third-order valence-electron chi connectivity index (χ3n) is 5.88. The maximum Gasteiger partial charge on any atom is 0.254 e. The van der Waals surface area contributed by atoms with Crippen molar-refractivity contribution in [3.63, 3.8) is 0 Å². The Morgan fingerprint density at radius 2 is 1.81 bits per heavy atom. The Kier molecular flexibility index (Phi) is 5.81. The lowest BCUT2D eigenvalue weighted by molar-refractivity contribution is 0.0400. The number of hydrogen-bond acceptors (Lipinski definition) is 3. The van der Waals surface area contributed by atoms with Gasteiger partial charge in [0.2, 0.25) is 0 Å². The van der Waals surface area contributed by atoms with Crippen molar-refractivity contribution in [3.05, 3.63) is 80.0 Å². The second kappa shape index (κ2) is 8.53. The SMILES string of the molecule is Cc1cc(-c2ccc(C(=O)N3CC(F)C3)cc2)ccc1-c1sc(CN=[N+]=[N-])c(C)c1C. The zero-order valence-electron chi connectivity index (χ0n) is 17.7. The average molecular weight is 435 g/mol. The molecule has 0 saturated carbocycles. The number of halogens is 1. The molecule has 2 aromatic carbocycles. The zero-order valence-corrected chi connectivity index (χ0v) is 18.5. The topological polar surface area (TPSA) is 69.1 Å².